The second kappa shape index (κ2) is 9.08. The Balaban J connectivity index is 1.79. The van der Waals surface area contributed by atoms with Gasteiger partial charge in [-0.15, -0.1) is 0 Å². The lowest BCUT2D eigenvalue weighted by atomic mass is 9.98. The first-order valence-corrected chi connectivity index (χ1v) is 8.21. The number of benzene rings is 2. The van der Waals surface area contributed by atoms with E-state index < -0.39 is 11.9 Å². The summed E-state index contributed by atoms with van der Waals surface area (Å²) in [6, 6.07) is 14.5. The van der Waals surface area contributed by atoms with Crippen molar-refractivity contribution in [3.8, 4) is 5.75 Å². The molecule has 0 fully saturated rings. The van der Waals surface area contributed by atoms with Gasteiger partial charge in [-0.1, -0.05) is 48.9 Å². The van der Waals surface area contributed by atoms with E-state index in [1.807, 2.05) is 37.3 Å². The summed E-state index contributed by atoms with van der Waals surface area (Å²) in [7, 11) is 1.51. The van der Waals surface area contributed by atoms with Gasteiger partial charge in [0, 0.05) is 5.69 Å². The average molecular weight is 362 g/mol. The molecule has 2 aromatic carbocycles. The maximum Gasteiger partial charge on any atom is 0.306 e. The summed E-state index contributed by atoms with van der Waals surface area (Å²) in [5.74, 6) is -0.306. The fraction of sp³-hybridized carbons (Fsp3) is 0.263. The molecule has 0 aromatic heterocycles. The standard InChI is InChI=1S/C19H20ClNO4/c1-13(14-6-4-3-5-7-14)10-19(23)25-12-18(22)21-15-8-9-17(24-2)16(20)11-15/h3-9,11,13H,10,12H2,1-2H3,(H,21,22)/t13-/m0/s1. The van der Waals surface area contributed by atoms with Gasteiger partial charge < -0.3 is 14.8 Å². The molecule has 6 heteroatoms. The van der Waals surface area contributed by atoms with Crippen LogP contribution < -0.4 is 10.1 Å². The number of hydrogen-bond acceptors (Lipinski definition) is 4. The maximum absolute atomic E-state index is 11.9. The lowest BCUT2D eigenvalue weighted by Gasteiger charge is -2.12. The Labute approximate surface area is 151 Å². The summed E-state index contributed by atoms with van der Waals surface area (Å²) in [5.41, 5.74) is 1.56. The summed E-state index contributed by atoms with van der Waals surface area (Å²) in [5, 5.41) is 3.00. The van der Waals surface area contributed by atoms with Gasteiger partial charge in [0.05, 0.1) is 18.6 Å². The Kier molecular flexibility index (Phi) is 6.83. The predicted octanol–water partition coefficient (Wildman–Crippen LogP) is 4.02. The largest absolute Gasteiger partial charge is 0.495 e. The van der Waals surface area contributed by atoms with Crippen LogP contribution in [0.5, 0.6) is 5.75 Å². The third-order valence-corrected chi connectivity index (χ3v) is 3.94. The lowest BCUT2D eigenvalue weighted by Crippen LogP contribution is -2.21. The molecule has 25 heavy (non-hydrogen) atoms. The molecule has 2 rings (SSSR count). The van der Waals surface area contributed by atoms with Crippen LogP contribution in [0.4, 0.5) is 5.69 Å². The molecule has 0 saturated carbocycles. The average Bonchev–Trinajstić information content (AvgIpc) is 2.61. The molecule has 1 amide bonds. The monoisotopic (exact) mass is 361 g/mol. The molecule has 0 aliphatic carbocycles. The number of ether oxygens (including phenoxy) is 2. The van der Waals surface area contributed by atoms with Gasteiger partial charge in [0.15, 0.2) is 6.61 Å². The van der Waals surface area contributed by atoms with Gasteiger partial charge in [-0.3, -0.25) is 9.59 Å². The van der Waals surface area contributed by atoms with E-state index in [9.17, 15) is 9.59 Å². The van der Waals surface area contributed by atoms with Crippen molar-refractivity contribution in [3.05, 3.63) is 59.1 Å². The molecule has 1 atom stereocenters. The first kappa shape index (κ1) is 18.8. The van der Waals surface area contributed by atoms with Gasteiger partial charge in [-0.05, 0) is 29.7 Å². The number of esters is 1. The third kappa shape index (κ3) is 5.80. The zero-order chi connectivity index (χ0) is 18.2. The molecule has 0 aliphatic heterocycles. The molecule has 2 aromatic rings. The van der Waals surface area contributed by atoms with E-state index in [-0.39, 0.29) is 18.9 Å². The zero-order valence-corrected chi connectivity index (χ0v) is 14.9. The minimum absolute atomic E-state index is 0.0251. The van der Waals surface area contributed by atoms with E-state index in [2.05, 4.69) is 5.32 Å². The summed E-state index contributed by atoms with van der Waals surface area (Å²) >= 11 is 5.99. The number of rotatable bonds is 7. The van der Waals surface area contributed by atoms with Crippen LogP contribution >= 0.6 is 11.6 Å². The fourth-order valence-electron chi connectivity index (χ4n) is 2.30. The van der Waals surface area contributed by atoms with Crippen LogP contribution in [0, 0.1) is 0 Å². The first-order chi connectivity index (χ1) is 12.0. The number of hydrogen-bond donors (Lipinski definition) is 1. The highest BCUT2D eigenvalue weighted by Crippen LogP contribution is 2.27. The Bertz CT molecular complexity index is 733. The lowest BCUT2D eigenvalue weighted by molar-refractivity contribution is -0.147. The molecule has 132 valence electrons. The summed E-state index contributed by atoms with van der Waals surface area (Å²) in [6.45, 7) is 1.60. The molecule has 0 unspecified atom stereocenters. The van der Waals surface area contributed by atoms with Crippen molar-refractivity contribution in [2.24, 2.45) is 0 Å². The zero-order valence-electron chi connectivity index (χ0n) is 14.1. The van der Waals surface area contributed by atoms with Crippen molar-refractivity contribution in [3.63, 3.8) is 0 Å². The van der Waals surface area contributed by atoms with Crippen LogP contribution in [-0.4, -0.2) is 25.6 Å². The highest BCUT2D eigenvalue weighted by Gasteiger charge is 2.14. The Morgan fingerprint density at radius 1 is 1.16 bits per heavy atom. The van der Waals surface area contributed by atoms with Gasteiger partial charge >= 0.3 is 5.97 Å². The topological polar surface area (TPSA) is 64.6 Å². The van der Waals surface area contributed by atoms with Crippen molar-refractivity contribution >= 4 is 29.2 Å². The first-order valence-electron chi connectivity index (χ1n) is 7.83. The smallest absolute Gasteiger partial charge is 0.306 e. The van der Waals surface area contributed by atoms with Gasteiger partial charge in [0.2, 0.25) is 0 Å². The van der Waals surface area contributed by atoms with Crippen molar-refractivity contribution in [2.45, 2.75) is 19.3 Å². The van der Waals surface area contributed by atoms with Gasteiger partial charge in [0.25, 0.3) is 5.91 Å². The molecule has 0 saturated heterocycles. The summed E-state index contributed by atoms with van der Waals surface area (Å²) < 4.78 is 10.1. The minimum Gasteiger partial charge on any atom is -0.495 e. The maximum atomic E-state index is 11.9. The van der Waals surface area contributed by atoms with E-state index >= 15 is 0 Å². The van der Waals surface area contributed by atoms with Crippen LogP contribution in [0.15, 0.2) is 48.5 Å². The van der Waals surface area contributed by atoms with Crippen molar-refractivity contribution in [2.75, 3.05) is 19.0 Å². The normalized spacial score (nSPS) is 11.5. The molecule has 5 nitrogen and oxygen atoms in total. The molecule has 0 bridgehead atoms. The van der Waals surface area contributed by atoms with Gasteiger partial charge in [0.1, 0.15) is 5.75 Å². The highest BCUT2D eigenvalue weighted by molar-refractivity contribution is 6.32. The quantitative estimate of drug-likeness (QED) is 0.756. The molecule has 0 radical (unpaired) electrons. The number of methoxy groups -OCH3 is 1. The second-order valence-corrected chi connectivity index (χ2v) is 5.98. The number of halogens is 1. The van der Waals surface area contributed by atoms with Crippen LogP contribution in [0.3, 0.4) is 0 Å². The van der Waals surface area contributed by atoms with E-state index in [0.29, 0.717) is 16.5 Å². The van der Waals surface area contributed by atoms with Crippen molar-refractivity contribution < 1.29 is 19.1 Å². The van der Waals surface area contributed by atoms with Gasteiger partial charge in [-0.25, -0.2) is 0 Å². The second-order valence-electron chi connectivity index (χ2n) is 5.57. The third-order valence-electron chi connectivity index (χ3n) is 3.64. The Hall–Kier alpha value is -2.53. The number of anilines is 1. The molecule has 1 N–H and O–H groups in total. The van der Waals surface area contributed by atoms with Crippen LogP contribution in [0.2, 0.25) is 5.02 Å². The molecule has 0 spiro atoms. The van der Waals surface area contributed by atoms with Gasteiger partial charge in [-0.2, -0.15) is 0 Å². The Morgan fingerprint density at radius 2 is 1.88 bits per heavy atom. The molecular formula is C19H20ClNO4. The SMILES string of the molecule is COc1ccc(NC(=O)COC(=O)C[C@H](C)c2ccccc2)cc1Cl. The van der Waals surface area contributed by atoms with E-state index in [1.54, 1.807) is 18.2 Å². The number of carbonyl (C=O) groups excluding carboxylic acids is 2. The van der Waals surface area contributed by atoms with E-state index in [4.69, 9.17) is 21.1 Å². The molecule has 0 heterocycles. The van der Waals surface area contributed by atoms with Crippen molar-refractivity contribution in [1.82, 2.24) is 0 Å². The summed E-state index contributed by atoms with van der Waals surface area (Å²) in [6.07, 6.45) is 0.214. The predicted molar refractivity (Wildman–Crippen MR) is 97.1 cm³/mol. The highest BCUT2D eigenvalue weighted by atomic mass is 35.5. The summed E-state index contributed by atoms with van der Waals surface area (Å²) in [4.78, 5) is 23.8. The number of nitrogens with one attached hydrogen (secondary N) is 1. The minimum atomic E-state index is -0.429. The van der Waals surface area contributed by atoms with E-state index in [1.165, 1.54) is 7.11 Å². The van der Waals surface area contributed by atoms with Crippen LogP contribution in [0.1, 0.15) is 24.8 Å². The van der Waals surface area contributed by atoms with Crippen molar-refractivity contribution in [1.29, 1.82) is 0 Å². The molecular weight excluding hydrogens is 342 g/mol. The van der Waals surface area contributed by atoms with E-state index in [0.717, 1.165) is 5.56 Å². The van der Waals surface area contributed by atoms with Crippen LogP contribution in [-0.2, 0) is 14.3 Å². The number of amides is 1. The van der Waals surface area contributed by atoms with Crippen LogP contribution in [0.25, 0.3) is 0 Å². The Morgan fingerprint density at radius 3 is 2.52 bits per heavy atom. The number of carbonyl (C=O) groups is 2. The fourth-order valence-corrected chi connectivity index (χ4v) is 2.55. The molecule has 0 aliphatic rings.